The van der Waals surface area contributed by atoms with Gasteiger partial charge in [0.05, 0.1) is 10.2 Å². The first kappa shape index (κ1) is 7.28. The Bertz CT molecular complexity index is 396. The summed E-state index contributed by atoms with van der Waals surface area (Å²) in [6, 6.07) is 5.60. The standard InChI is InChI=1S/C7H3ClNS2/c8-4-1-2-6-5(3-4)9-7(10)11-6/h1-3H. The van der Waals surface area contributed by atoms with Gasteiger partial charge in [-0.2, -0.15) is 0 Å². The third-order valence-corrected chi connectivity index (χ3v) is 2.74. The molecule has 0 fully saturated rings. The van der Waals surface area contributed by atoms with Crippen LogP contribution in [0.5, 0.6) is 0 Å². The predicted octanol–water partition coefficient (Wildman–Crippen LogP) is 3.51. The maximum Gasteiger partial charge on any atom is 0.181 e. The van der Waals surface area contributed by atoms with Gasteiger partial charge in [-0.05, 0) is 30.8 Å². The molecule has 2 rings (SSSR count). The van der Waals surface area contributed by atoms with Crippen molar-refractivity contribution in [2.75, 3.05) is 0 Å². The SMILES string of the molecule is [S]c1nc2cc(Cl)ccc2s1. The minimum atomic E-state index is 0.669. The van der Waals surface area contributed by atoms with Crippen LogP contribution in [0.3, 0.4) is 0 Å². The lowest BCUT2D eigenvalue weighted by Crippen LogP contribution is -1.66. The van der Waals surface area contributed by atoms with E-state index in [0.29, 0.717) is 9.36 Å². The van der Waals surface area contributed by atoms with Crippen molar-refractivity contribution in [2.24, 2.45) is 0 Å². The summed E-state index contributed by atoms with van der Waals surface area (Å²) in [4.78, 5) is 4.12. The van der Waals surface area contributed by atoms with E-state index in [4.69, 9.17) is 24.2 Å². The average Bonchev–Trinajstić information content (AvgIpc) is 2.27. The van der Waals surface area contributed by atoms with Crippen LogP contribution < -0.4 is 0 Å². The summed E-state index contributed by atoms with van der Waals surface area (Å²) in [5, 5.41) is 0.706. The minimum absolute atomic E-state index is 0.669. The predicted molar refractivity (Wildman–Crippen MR) is 50.5 cm³/mol. The van der Waals surface area contributed by atoms with Crippen LogP contribution in [0, 0.1) is 0 Å². The Labute approximate surface area is 78.4 Å². The van der Waals surface area contributed by atoms with Gasteiger partial charge in [-0.1, -0.05) is 11.6 Å². The van der Waals surface area contributed by atoms with E-state index in [2.05, 4.69) is 4.98 Å². The molecular weight excluding hydrogens is 198 g/mol. The van der Waals surface area contributed by atoms with Crippen LogP contribution in [0.2, 0.25) is 5.02 Å². The second-order valence-corrected chi connectivity index (χ2v) is 4.20. The summed E-state index contributed by atoms with van der Waals surface area (Å²) in [5.41, 5.74) is 0.896. The molecule has 0 saturated carbocycles. The second kappa shape index (κ2) is 2.59. The van der Waals surface area contributed by atoms with Crippen LogP contribution >= 0.6 is 35.6 Å². The zero-order chi connectivity index (χ0) is 7.84. The van der Waals surface area contributed by atoms with Gasteiger partial charge < -0.3 is 0 Å². The largest absolute Gasteiger partial charge is 0.225 e. The van der Waals surface area contributed by atoms with Gasteiger partial charge in [-0.15, -0.1) is 11.3 Å². The molecule has 4 heteroatoms. The van der Waals surface area contributed by atoms with E-state index in [-0.39, 0.29) is 0 Å². The quantitative estimate of drug-likeness (QED) is 0.634. The first-order valence-corrected chi connectivity index (χ1v) is 4.59. The number of rotatable bonds is 0. The molecule has 1 radical (unpaired) electrons. The van der Waals surface area contributed by atoms with Crippen molar-refractivity contribution < 1.29 is 0 Å². The first-order valence-electron chi connectivity index (χ1n) is 2.99. The van der Waals surface area contributed by atoms with Gasteiger partial charge in [0.1, 0.15) is 0 Å². The zero-order valence-electron chi connectivity index (χ0n) is 5.37. The average molecular weight is 201 g/mol. The molecule has 1 nitrogen and oxygen atoms in total. The Balaban J connectivity index is 2.82. The summed E-state index contributed by atoms with van der Waals surface area (Å²) in [6.45, 7) is 0. The molecule has 0 atom stereocenters. The lowest BCUT2D eigenvalue weighted by atomic mass is 10.3. The summed E-state index contributed by atoms with van der Waals surface area (Å²) in [5.74, 6) is 0. The number of hydrogen-bond donors (Lipinski definition) is 0. The summed E-state index contributed by atoms with van der Waals surface area (Å²) in [7, 11) is 0. The van der Waals surface area contributed by atoms with E-state index in [1.165, 1.54) is 11.3 Å². The number of fused-ring (bicyclic) bond motifs is 1. The molecule has 0 bridgehead atoms. The zero-order valence-corrected chi connectivity index (χ0v) is 7.76. The molecule has 0 N–H and O–H groups in total. The molecule has 1 aromatic carbocycles. The van der Waals surface area contributed by atoms with Crippen LogP contribution in [-0.2, 0) is 0 Å². The fourth-order valence-electron chi connectivity index (χ4n) is 0.879. The number of aromatic nitrogens is 1. The second-order valence-electron chi connectivity index (χ2n) is 2.09. The topological polar surface area (TPSA) is 12.9 Å². The van der Waals surface area contributed by atoms with Crippen molar-refractivity contribution in [3.8, 4) is 0 Å². The lowest BCUT2D eigenvalue weighted by Gasteiger charge is -1.86. The maximum absolute atomic E-state index is 5.76. The third-order valence-electron chi connectivity index (χ3n) is 1.33. The molecule has 0 aliphatic rings. The van der Waals surface area contributed by atoms with Crippen LogP contribution in [0.15, 0.2) is 22.5 Å². The van der Waals surface area contributed by atoms with Gasteiger partial charge in [0.2, 0.25) is 0 Å². The molecule has 0 aliphatic carbocycles. The molecule has 2 aromatic rings. The summed E-state index contributed by atoms with van der Waals surface area (Å²) in [6.07, 6.45) is 0. The molecule has 55 valence electrons. The molecule has 0 unspecified atom stereocenters. The first-order chi connectivity index (χ1) is 5.25. The minimum Gasteiger partial charge on any atom is -0.225 e. The van der Waals surface area contributed by atoms with Crippen molar-refractivity contribution in [3.63, 3.8) is 0 Å². The lowest BCUT2D eigenvalue weighted by molar-refractivity contribution is 1.31. The van der Waals surface area contributed by atoms with Crippen molar-refractivity contribution in [1.82, 2.24) is 4.98 Å². The van der Waals surface area contributed by atoms with Crippen molar-refractivity contribution in [2.45, 2.75) is 4.34 Å². The monoisotopic (exact) mass is 200 g/mol. The molecule has 0 amide bonds. The van der Waals surface area contributed by atoms with E-state index in [1.807, 2.05) is 18.2 Å². The van der Waals surface area contributed by atoms with Gasteiger partial charge >= 0.3 is 0 Å². The Morgan fingerprint density at radius 3 is 3.09 bits per heavy atom. The van der Waals surface area contributed by atoms with Crippen molar-refractivity contribution in [1.29, 1.82) is 0 Å². The van der Waals surface area contributed by atoms with E-state index in [9.17, 15) is 0 Å². The molecular formula is C7H3ClNS2. The van der Waals surface area contributed by atoms with E-state index in [1.54, 1.807) is 0 Å². The van der Waals surface area contributed by atoms with Gasteiger partial charge in [0.25, 0.3) is 0 Å². The smallest absolute Gasteiger partial charge is 0.181 e. The Morgan fingerprint density at radius 1 is 1.45 bits per heavy atom. The van der Waals surface area contributed by atoms with Gasteiger partial charge in [-0.25, -0.2) is 4.98 Å². The molecule has 0 spiro atoms. The fourth-order valence-corrected chi connectivity index (χ4v) is 2.09. The van der Waals surface area contributed by atoms with Crippen molar-refractivity contribution >= 4 is 45.8 Å². The fraction of sp³-hybridized carbons (Fsp3) is 0. The van der Waals surface area contributed by atoms with Gasteiger partial charge in [0, 0.05) is 5.02 Å². The highest BCUT2D eigenvalue weighted by Gasteiger charge is 2.00. The van der Waals surface area contributed by atoms with Crippen molar-refractivity contribution in [3.05, 3.63) is 23.2 Å². The Kier molecular flexibility index (Phi) is 1.71. The van der Waals surface area contributed by atoms with Gasteiger partial charge in [-0.3, -0.25) is 0 Å². The maximum atomic E-state index is 5.76. The van der Waals surface area contributed by atoms with E-state index in [0.717, 1.165) is 10.2 Å². The normalized spacial score (nSPS) is 10.6. The van der Waals surface area contributed by atoms with Gasteiger partial charge in [0.15, 0.2) is 4.34 Å². The van der Waals surface area contributed by atoms with E-state index < -0.39 is 0 Å². The number of thiazole rings is 1. The van der Waals surface area contributed by atoms with E-state index >= 15 is 0 Å². The molecule has 0 aliphatic heterocycles. The molecule has 11 heavy (non-hydrogen) atoms. The number of hydrogen-bond acceptors (Lipinski definition) is 2. The highest BCUT2D eigenvalue weighted by molar-refractivity contribution is 7.82. The third kappa shape index (κ3) is 1.31. The molecule has 1 heterocycles. The number of nitrogens with zero attached hydrogens (tertiary/aromatic N) is 1. The van der Waals surface area contributed by atoms with Crippen LogP contribution in [0.4, 0.5) is 0 Å². The summed E-state index contributed by atoms with van der Waals surface area (Å²) >= 11 is 12.2. The number of benzene rings is 1. The highest BCUT2D eigenvalue weighted by atomic mass is 35.5. The Morgan fingerprint density at radius 2 is 2.27 bits per heavy atom. The molecule has 1 aromatic heterocycles. The van der Waals surface area contributed by atoms with Crippen LogP contribution in [-0.4, -0.2) is 4.98 Å². The van der Waals surface area contributed by atoms with Crippen LogP contribution in [0.25, 0.3) is 10.2 Å². The molecule has 0 saturated heterocycles. The summed E-state index contributed by atoms with van der Waals surface area (Å²) < 4.78 is 1.77. The highest BCUT2D eigenvalue weighted by Crippen LogP contribution is 2.26. The van der Waals surface area contributed by atoms with Crippen LogP contribution in [0.1, 0.15) is 0 Å². The Hall–Kier alpha value is -0.380. The number of halogens is 1.